The molecule has 1 unspecified atom stereocenters. The van der Waals surface area contributed by atoms with Crippen LogP contribution in [-0.2, 0) is 24.3 Å². The molecule has 3 aromatic rings. The quantitative estimate of drug-likeness (QED) is 0.781. The molecule has 0 saturated heterocycles. The summed E-state index contributed by atoms with van der Waals surface area (Å²) in [6.07, 6.45) is 5.66. The molecule has 0 radical (unpaired) electrons. The van der Waals surface area contributed by atoms with Crippen LogP contribution >= 0.6 is 0 Å². The van der Waals surface area contributed by atoms with Gasteiger partial charge in [0.25, 0.3) is 5.91 Å². The zero-order valence-corrected chi connectivity index (χ0v) is 13.8. The third-order valence-corrected chi connectivity index (χ3v) is 4.42. The third-order valence-electron chi connectivity index (χ3n) is 4.42. The summed E-state index contributed by atoms with van der Waals surface area (Å²) in [6.45, 7) is 1.22. The molecule has 0 saturated carbocycles. The fourth-order valence-corrected chi connectivity index (χ4v) is 3.09. The minimum atomic E-state index is -0.446. The van der Waals surface area contributed by atoms with E-state index in [0.29, 0.717) is 13.0 Å². The normalized spacial score (nSPS) is 15.4. The van der Waals surface area contributed by atoms with E-state index in [2.05, 4.69) is 16.4 Å². The Morgan fingerprint density at radius 3 is 2.76 bits per heavy atom. The van der Waals surface area contributed by atoms with E-state index in [9.17, 15) is 4.79 Å². The highest BCUT2D eigenvalue weighted by molar-refractivity contribution is 5.82. The summed E-state index contributed by atoms with van der Waals surface area (Å²) in [6, 6.07) is 15.9. The SMILES string of the molecule is O=C(NCc1ccccc1Cn1ccnc1)C1Cc2ccccc2O1. The highest BCUT2D eigenvalue weighted by Crippen LogP contribution is 2.28. The van der Waals surface area contributed by atoms with E-state index in [1.54, 1.807) is 12.5 Å². The van der Waals surface area contributed by atoms with Crippen molar-refractivity contribution in [1.82, 2.24) is 14.9 Å². The van der Waals surface area contributed by atoms with Crippen LogP contribution < -0.4 is 10.1 Å². The Kier molecular flexibility index (Phi) is 4.21. The van der Waals surface area contributed by atoms with Crippen LogP contribution in [0, 0.1) is 0 Å². The molecule has 0 aliphatic carbocycles. The van der Waals surface area contributed by atoms with Crippen molar-refractivity contribution >= 4 is 5.91 Å². The fraction of sp³-hybridized carbons (Fsp3) is 0.200. The second-order valence-corrected chi connectivity index (χ2v) is 6.14. The van der Waals surface area contributed by atoms with Gasteiger partial charge in [-0.25, -0.2) is 4.98 Å². The molecule has 0 fully saturated rings. The predicted octanol–water partition coefficient (Wildman–Crippen LogP) is 2.55. The number of fused-ring (bicyclic) bond motifs is 1. The maximum atomic E-state index is 12.5. The second kappa shape index (κ2) is 6.81. The summed E-state index contributed by atoms with van der Waals surface area (Å²) in [7, 11) is 0. The van der Waals surface area contributed by atoms with E-state index < -0.39 is 6.10 Å². The van der Waals surface area contributed by atoms with E-state index in [0.717, 1.165) is 29.0 Å². The van der Waals surface area contributed by atoms with E-state index in [1.165, 1.54) is 0 Å². The van der Waals surface area contributed by atoms with Crippen molar-refractivity contribution < 1.29 is 9.53 Å². The minimum Gasteiger partial charge on any atom is -0.480 e. The van der Waals surface area contributed by atoms with Crippen LogP contribution in [0.5, 0.6) is 5.75 Å². The van der Waals surface area contributed by atoms with E-state index in [4.69, 9.17) is 4.74 Å². The molecule has 1 N–H and O–H groups in total. The molecule has 1 aromatic heterocycles. The van der Waals surface area contributed by atoms with Crippen LogP contribution in [0.1, 0.15) is 16.7 Å². The smallest absolute Gasteiger partial charge is 0.261 e. The summed E-state index contributed by atoms with van der Waals surface area (Å²) < 4.78 is 7.76. The molecule has 4 rings (SSSR count). The number of ether oxygens (including phenoxy) is 1. The molecule has 2 heterocycles. The van der Waals surface area contributed by atoms with Gasteiger partial charge in [-0.05, 0) is 22.8 Å². The van der Waals surface area contributed by atoms with Crippen molar-refractivity contribution in [3.8, 4) is 5.75 Å². The lowest BCUT2D eigenvalue weighted by atomic mass is 10.1. The van der Waals surface area contributed by atoms with Crippen LogP contribution in [-0.4, -0.2) is 21.6 Å². The predicted molar refractivity (Wildman–Crippen MR) is 94.2 cm³/mol. The molecule has 5 heteroatoms. The van der Waals surface area contributed by atoms with Gasteiger partial charge in [-0.15, -0.1) is 0 Å². The fourth-order valence-electron chi connectivity index (χ4n) is 3.09. The van der Waals surface area contributed by atoms with Crippen molar-refractivity contribution in [2.75, 3.05) is 0 Å². The Morgan fingerprint density at radius 1 is 1.16 bits per heavy atom. The van der Waals surface area contributed by atoms with Gasteiger partial charge in [0.2, 0.25) is 0 Å². The lowest BCUT2D eigenvalue weighted by molar-refractivity contribution is -0.127. The Labute approximate surface area is 146 Å². The molecule has 25 heavy (non-hydrogen) atoms. The molecule has 2 aromatic carbocycles. The van der Waals surface area contributed by atoms with Crippen molar-refractivity contribution in [2.24, 2.45) is 0 Å². The summed E-state index contributed by atoms with van der Waals surface area (Å²) >= 11 is 0. The number of rotatable bonds is 5. The average molecular weight is 333 g/mol. The monoisotopic (exact) mass is 333 g/mol. The van der Waals surface area contributed by atoms with Gasteiger partial charge in [0.05, 0.1) is 6.33 Å². The number of carbonyl (C=O) groups is 1. The van der Waals surface area contributed by atoms with Gasteiger partial charge in [-0.1, -0.05) is 42.5 Å². The van der Waals surface area contributed by atoms with Crippen molar-refractivity contribution in [3.05, 3.63) is 83.9 Å². The first kappa shape index (κ1) is 15.4. The van der Waals surface area contributed by atoms with Gasteiger partial charge in [0.15, 0.2) is 6.10 Å². The molecule has 0 spiro atoms. The molecular formula is C20H19N3O2. The summed E-state index contributed by atoms with van der Waals surface area (Å²) in [4.78, 5) is 16.5. The highest BCUT2D eigenvalue weighted by atomic mass is 16.5. The molecule has 0 bridgehead atoms. The Morgan fingerprint density at radius 2 is 1.96 bits per heavy atom. The lowest BCUT2D eigenvalue weighted by Gasteiger charge is -2.14. The number of carbonyl (C=O) groups excluding carboxylic acids is 1. The largest absolute Gasteiger partial charge is 0.480 e. The van der Waals surface area contributed by atoms with Crippen molar-refractivity contribution in [2.45, 2.75) is 25.6 Å². The van der Waals surface area contributed by atoms with Gasteiger partial charge in [-0.2, -0.15) is 0 Å². The van der Waals surface area contributed by atoms with Gasteiger partial charge >= 0.3 is 0 Å². The van der Waals surface area contributed by atoms with E-state index in [1.807, 2.05) is 53.2 Å². The first-order valence-electron chi connectivity index (χ1n) is 8.34. The number of hydrogen-bond donors (Lipinski definition) is 1. The third kappa shape index (κ3) is 3.40. The van der Waals surface area contributed by atoms with Crippen LogP contribution in [0.2, 0.25) is 0 Å². The molecular weight excluding hydrogens is 314 g/mol. The first-order chi connectivity index (χ1) is 12.3. The van der Waals surface area contributed by atoms with Crippen LogP contribution in [0.3, 0.4) is 0 Å². The number of nitrogens with one attached hydrogen (secondary N) is 1. The molecule has 1 atom stereocenters. The molecule has 1 aliphatic heterocycles. The van der Waals surface area contributed by atoms with Gasteiger partial charge in [-0.3, -0.25) is 4.79 Å². The number of nitrogens with zero attached hydrogens (tertiary/aromatic N) is 2. The van der Waals surface area contributed by atoms with Crippen LogP contribution in [0.15, 0.2) is 67.3 Å². The Bertz CT molecular complexity index is 849. The molecule has 5 nitrogen and oxygen atoms in total. The van der Waals surface area contributed by atoms with Crippen molar-refractivity contribution in [3.63, 3.8) is 0 Å². The summed E-state index contributed by atoms with van der Waals surface area (Å²) in [5.41, 5.74) is 3.35. The summed E-state index contributed by atoms with van der Waals surface area (Å²) in [5.74, 6) is 0.733. The topological polar surface area (TPSA) is 56.2 Å². The number of amides is 1. The number of hydrogen-bond acceptors (Lipinski definition) is 3. The van der Waals surface area contributed by atoms with Crippen LogP contribution in [0.25, 0.3) is 0 Å². The number of imidazole rings is 1. The lowest BCUT2D eigenvalue weighted by Crippen LogP contribution is -2.37. The van der Waals surface area contributed by atoms with Crippen molar-refractivity contribution in [1.29, 1.82) is 0 Å². The van der Waals surface area contributed by atoms with E-state index in [-0.39, 0.29) is 5.91 Å². The Hall–Kier alpha value is -3.08. The Balaban J connectivity index is 1.40. The van der Waals surface area contributed by atoms with Gasteiger partial charge < -0.3 is 14.6 Å². The highest BCUT2D eigenvalue weighted by Gasteiger charge is 2.28. The molecule has 1 amide bonds. The second-order valence-electron chi connectivity index (χ2n) is 6.14. The standard InChI is InChI=1S/C20H19N3O2/c24-20(19-11-15-5-3-4-8-18(15)25-19)22-12-16-6-1-2-7-17(16)13-23-10-9-21-14-23/h1-10,14,19H,11-13H2,(H,22,24). The molecule has 1 aliphatic rings. The number of aromatic nitrogens is 2. The van der Waals surface area contributed by atoms with Gasteiger partial charge in [0.1, 0.15) is 5.75 Å². The maximum Gasteiger partial charge on any atom is 0.261 e. The zero-order valence-electron chi connectivity index (χ0n) is 13.8. The zero-order chi connectivity index (χ0) is 17.1. The number of benzene rings is 2. The number of para-hydroxylation sites is 1. The first-order valence-corrected chi connectivity index (χ1v) is 8.34. The maximum absolute atomic E-state index is 12.5. The summed E-state index contributed by atoms with van der Waals surface area (Å²) in [5, 5.41) is 3.01. The minimum absolute atomic E-state index is 0.0753. The van der Waals surface area contributed by atoms with Gasteiger partial charge in [0, 0.05) is 31.9 Å². The average Bonchev–Trinajstić information content (AvgIpc) is 3.30. The van der Waals surface area contributed by atoms with E-state index >= 15 is 0 Å². The molecule has 126 valence electrons. The van der Waals surface area contributed by atoms with Crippen LogP contribution in [0.4, 0.5) is 0 Å².